The Morgan fingerprint density at radius 1 is 0.650 bits per heavy atom. The molecule has 0 bridgehead atoms. The van der Waals surface area contributed by atoms with Gasteiger partial charge in [-0.25, -0.2) is 4.79 Å². The average molecular weight is 284 g/mol. The lowest BCUT2D eigenvalue weighted by atomic mass is 10.0. The molecule has 0 radical (unpaired) electrons. The minimum absolute atomic E-state index is 0.293. The highest BCUT2D eigenvalue weighted by atomic mass is 16.4. The third-order valence-corrected chi connectivity index (χ3v) is 3.42. The van der Waals surface area contributed by atoms with Crippen molar-refractivity contribution in [1.82, 2.24) is 0 Å². The normalized spacial score (nSPS) is 10.4. The van der Waals surface area contributed by atoms with E-state index < -0.39 is 11.9 Å². The van der Waals surface area contributed by atoms with Gasteiger partial charge in [0.05, 0.1) is 0 Å². The summed E-state index contributed by atoms with van der Waals surface area (Å²) in [5, 5.41) is 17.1. The van der Waals surface area contributed by atoms with Crippen LogP contribution in [0.25, 0.3) is 0 Å². The first-order valence-electron chi connectivity index (χ1n) is 7.67. The molecule has 0 aromatic rings. The van der Waals surface area contributed by atoms with Crippen molar-refractivity contribution in [1.29, 1.82) is 0 Å². The molecule has 4 nitrogen and oxygen atoms in total. The molecule has 0 aromatic carbocycles. The molecule has 0 saturated heterocycles. The summed E-state index contributed by atoms with van der Waals surface area (Å²) in [5.41, 5.74) is 0.311. The van der Waals surface area contributed by atoms with Gasteiger partial charge in [0.1, 0.15) is 0 Å². The molecule has 0 aliphatic rings. The van der Waals surface area contributed by atoms with E-state index in [2.05, 4.69) is 6.58 Å². The molecule has 0 rings (SSSR count). The van der Waals surface area contributed by atoms with E-state index in [-0.39, 0.29) is 0 Å². The number of rotatable bonds is 14. The van der Waals surface area contributed by atoms with Crippen molar-refractivity contribution in [2.75, 3.05) is 0 Å². The summed E-state index contributed by atoms with van der Waals surface area (Å²) >= 11 is 0. The summed E-state index contributed by atoms with van der Waals surface area (Å²) in [7, 11) is 0. The van der Waals surface area contributed by atoms with E-state index in [1.165, 1.54) is 25.7 Å². The summed E-state index contributed by atoms with van der Waals surface area (Å²) in [6.07, 6.45) is 11.8. The van der Waals surface area contributed by atoms with E-state index >= 15 is 0 Å². The lowest BCUT2D eigenvalue weighted by molar-refractivity contribution is -0.137. The van der Waals surface area contributed by atoms with E-state index in [1.54, 1.807) is 0 Å². The summed E-state index contributed by atoms with van der Waals surface area (Å²) in [6.45, 7) is 3.51. The molecule has 0 atom stereocenters. The molecular formula is C16H28O4. The molecule has 0 saturated carbocycles. The second kappa shape index (κ2) is 12.7. The molecule has 0 heterocycles. The first-order chi connectivity index (χ1) is 9.54. The van der Waals surface area contributed by atoms with Gasteiger partial charge >= 0.3 is 11.9 Å². The van der Waals surface area contributed by atoms with Crippen molar-refractivity contribution in [3.05, 3.63) is 12.2 Å². The van der Waals surface area contributed by atoms with Crippen molar-refractivity contribution in [2.24, 2.45) is 0 Å². The maximum Gasteiger partial charge on any atom is 0.330 e. The van der Waals surface area contributed by atoms with Gasteiger partial charge in [-0.05, 0) is 19.3 Å². The fourth-order valence-corrected chi connectivity index (χ4v) is 2.14. The van der Waals surface area contributed by atoms with E-state index in [0.717, 1.165) is 38.5 Å². The zero-order valence-corrected chi connectivity index (χ0v) is 12.4. The molecule has 2 N–H and O–H groups in total. The quantitative estimate of drug-likeness (QED) is 0.366. The van der Waals surface area contributed by atoms with E-state index in [9.17, 15) is 9.59 Å². The Balaban J connectivity index is 3.12. The fourth-order valence-electron chi connectivity index (χ4n) is 2.14. The predicted octanol–water partition coefficient (Wildman–Crippen LogP) is 4.39. The lowest BCUT2D eigenvalue weighted by Gasteiger charge is -2.03. The Morgan fingerprint density at radius 2 is 1.00 bits per heavy atom. The number of hydrogen-bond donors (Lipinski definition) is 2. The Morgan fingerprint density at radius 3 is 1.35 bits per heavy atom. The molecule has 0 amide bonds. The van der Waals surface area contributed by atoms with Crippen LogP contribution in [-0.4, -0.2) is 22.2 Å². The summed E-state index contributed by atoms with van der Waals surface area (Å²) < 4.78 is 0. The number of carboxylic acids is 2. The van der Waals surface area contributed by atoms with E-state index in [4.69, 9.17) is 10.2 Å². The van der Waals surface area contributed by atoms with Crippen LogP contribution in [0.4, 0.5) is 0 Å². The van der Waals surface area contributed by atoms with Crippen LogP contribution in [0.3, 0.4) is 0 Å². The minimum atomic E-state index is -0.882. The summed E-state index contributed by atoms with van der Waals surface area (Å²) in [6, 6.07) is 0. The van der Waals surface area contributed by atoms with Gasteiger partial charge in [0.25, 0.3) is 0 Å². The smallest absolute Gasteiger partial charge is 0.330 e. The molecule has 4 heteroatoms. The van der Waals surface area contributed by atoms with Crippen molar-refractivity contribution in [3.8, 4) is 0 Å². The van der Waals surface area contributed by atoms with E-state index in [0.29, 0.717) is 18.4 Å². The highest BCUT2D eigenvalue weighted by molar-refractivity contribution is 5.85. The SMILES string of the molecule is C=C(CCCCCCCCCCCCC(=O)O)C(=O)O. The van der Waals surface area contributed by atoms with Crippen LogP contribution in [-0.2, 0) is 9.59 Å². The van der Waals surface area contributed by atoms with Crippen molar-refractivity contribution in [2.45, 2.75) is 77.0 Å². The Bertz CT molecular complexity index is 297. The van der Waals surface area contributed by atoms with Crippen molar-refractivity contribution in [3.63, 3.8) is 0 Å². The molecular weight excluding hydrogens is 256 g/mol. The molecule has 0 unspecified atom stereocenters. The third-order valence-electron chi connectivity index (χ3n) is 3.42. The van der Waals surface area contributed by atoms with Gasteiger partial charge in [-0.15, -0.1) is 0 Å². The maximum atomic E-state index is 10.5. The topological polar surface area (TPSA) is 74.6 Å². The highest BCUT2D eigenvalue weighted by Crippen LogP contribution is 2.13. The minimum Gasteiger partial charge on any atom is -0.481 e. The average Bonchev–Trinajstić information content (AvgIpc) is 2.39. The van der Waals surface area contributed by atoms with Crippen LogP contribution in [0.1, 0.15) is 77.0 Å². The number of carboxylic acid groups (broad SMARTS) is 2. The van der Waals surface area contributed by atoms with Crippen LogP contribution >= 0.6 is 0 Å². The highest BCUT2D eigenvalue weighted by Gasteiger charge is 2.02. The molecule has 0 aromatic heterocycles. The molecule has 0 aliphatic heterocycles. The van der Waals surface area contributed by atoms with Gasteiger partial charge < -0.3 is 10.2 Å². The zero-order valence-electron chi connectivity index (χ0n) is 12.4. The Labute approximate surface area is 121 Å². The van der Waals surface area contributed by atoms with Gasteiger partial charge in [0.2, 0.25) is 0 Å². The second-order valence-corrected chi connectivity index (χ2v) is 5.34. The van der Waals surface area contributed by atoms with Gasteiger partial charge in [0.15, 0.2) is 0 Å². The van der Waals surface area contributed by atoms with Crippen molar-refractivity contribution < 1.29 is 19.8 Å². The fraction of sp³-hybridized carbons (Fsp3) is 0.750. The lowest BCUT2D eigenvalue weighted by Crippen LogP contribution is -1.98. The number of carbonyl (C=O) groups is 2. The molecule has 0 aliphatic carbocycles. The summed E-state index contributed by atoms with van der Waals surface area (Å²) in [4.78, 5) is 20.8. The zero-order chi connectivity index (χ0) is 15.2. The van der Waals surface area contributed by atoms with Gasteiger partial charge in [0, 0.05) is 12.0 Å². The number of unbranched alkanes of at least 4 members (excludes halogenated alkanes) is 9. The maximum absolute atomic E-state index is 10.5. The second-order valence-electron chi connectivity index (χ2n) is 5.34. The summed E-state index contributed by atoms with van der Waals surface area (Å²) in [5.74, 6) is -1.58. The van der Waals surface area contributed by atoms with E-state index in [1.807, 2.05) is 0 Å². The first-order valence-corrected chi connectivity index (χ1v) is 7.67. The number of aliphatic carboxylic acids is 2. The van der Waals surface area contributed by atoms with Gasteiger partial charge in [-0.2, -0.15) is 0 Å². The monoisotopic (exact) mass is 284 g/mol. The third kappa shape index (κ3) is 13.1. The predicted molar refractivity (Wildman–Crippen MR) is 79.8 cm³/mol. The van der Waals surface area contributed by atoms with Crippen LogP contribution in [0.5, 0.6) is 0 Å². The van der Waals surface area contributed by atoms with Crippen LogP contribution in [0.15, 0.2) is 12.2 Å². The van der Waals surface area contributed by atoms with Crippen LogP contribution in [0, 0.1) is 0 Å². The molecule has 0 spiro atoms. The first kappa shape index (κ1) is 18.7. The van der Waals surface area contributed by atoms with Gasteiger partial charge in [-0.1, -0.05) is 57.9 Å². The number of hydrogen-bond acceptors (Lipinski definition) is 2. The molecule has 0 fully saturated rings. The van der Waals surface area contributed by atoms with Gasteiger partial charge in [-0.3, -0.25) is 4.79 Å². The standard InChI is InChI=1S/C16H28O4/c1-14(16(19)20)12-10-8-6-4-2-3-5-7-9-11-13-15(17)18/h1-13H2,(H,17,18)(H,19,20). The largest absolute Gasteiger partial charge is 0.481 e. The molecule has 116 valence electrons. The van der Waals surface area contributed by atoms with Crippen molar-refractivity contribution >= 4 is 11.9 Å². The Hall–Kier alpha value is -1.32. The van der Waals surface area contributed by atoms with Crippen LogP contribution in [0.2, 0.25) is 0 Å². The molecule has 20 heavy (non-hydrogen) atoms. The Kier molecular flexibility index (Phi) is 11.9. The van der Waals surface area contributed by atoms with Crippen LogP contribution < -0.4 is 0 Å².